The van der Waals surface area contributed by atoms with Crippen LogP contribution in [-0.4, -0.2) is 39.6 Å². The maximum Gasteiger partial charge on any atom is 0.433 e. The number of rotatable bonds is 8. The third kappa shape index (κ3) is 4.11. The molecule has 0 spiro atoms. The van der Waals surface area contributed by atoms with Gasteiger partial charge in [-0.3, -0.25) is 20.2 Å². The number of hydrazone groups is 1. The molecule has 0 aliphatic heterocycles. The normalized spacial score (nSPS) is 11.1. The maximum atomic E-state index is 10.8. The summed E-state index contributed by atoms with van der Waals surface area (Å²) in [5.74, 6) is 0.527. The number of hydrogen-bond donors (Lipinski definition) is 1. The fraction of sp³-hybridized carbons (Fsp3) is 0.188. The first-order valence-corrected chi connectivity index (χ1v) is 7.68. The van der Waals surface area contributed by atoms with Crippen molar-refractivity contribution in [2.45, 2.75) is 6.54 Å². The van der Waals surface area contributed by atoms with Crippen molar-refractivity contribution in [1.29, 1.82) is 0 Å². The second-order valence-electron chi connectivity index (χ2n) is 5.17. The molecule has 3 aromatic rings. The van der Waals surface area contributed by atoms with Crippen LogP contribution in [0.15, 0.2) is 52.2 Å². The van der Waals surface area contributed by atoms with Gasteiger partial charge in [0, 0.05) is 25.1 Å². The van der Waals surface area contributed by atoms with Crippen molar-refractivity contribution in [2.75, 3.05) is 19.1 Å². The summed E-state index contributed by atoms with van der Waals surface area (Å²) in [6.45, 7) is 0.996. The van der Waals surface area contributed by atoms with E-state index in [1.807, 2.05) is 6.07 Å². The topological polar surface area (TPSA) is 121 Å². The Kier molecular flexibility index (Phi) is 5.34. The molecule has 26 heavy (non-hydrogen) atoms. The van der Waals surface area contributed by atoms with Crippen molar-refractivity contribution >= 4 is 17.9 Å². The van der Waals surface area contributed by atoms with Crippen LogP contribution in [0.5, 0.6) is 0 Å². The van der Waals surface area contributed by atoms with Crippen LogP contribution < -0.4 is 5.43 Å². The van der Waals surface area contributed by atoms with Gasteiger partial charge in [0.25, 0.3) is 0 Å². The van der Waals surface area contributed by atoms with E-state index in [4.69, 9.17) is 9.15 Å². The van der Waals surface area contributed by atoms with Gasteiger partial charge < -0.3 is 9.15 Å². The number of nitro groups is 1. The number of methoxy groups -OCH3 is 1. The zero-order valence-corrected chi connectivity index (χ0v) is 13.9. The van der Waals surface area contributed by atoms with Gasteiger partial charge in [-0.05, 0) is 18.2 Å². The number of nitrogens with zero attached hydrogens (tertiary/aromatic N) is 5. The van der Waals surface area contributed by atoms with E-state index in [-0.39, 0.29) is 11.6 Å². The van der Waals surface area contributed by atoms with E-state index in [1.165, 1.54) is 12.1 Å². The fourth-order valence-corrected chi connectivity index (χ4v) is 2.17. The summed E-state index contributed by atoms with van der Waals surface area (Å²) in [5, 5.41) is 19.4. The Morgan fingerprint density at radius 3 is 3.00 bits per heavy atom. The van der Waals surface area contributed by atoms with Crippen molar-refractivity contribution in [1.82, 2.24) is 14.8 Å². The lowest BCUT2D eigenvalue weighted by atomic mass is 10.2. The summed E-state index contributed by atoms with van der Waals surface area (Å²) in [6.07, 6.45) is 4.95. The van der Waals surface area contributed by atoms with Gasteiger partial charge in [0.2, 0.25) is 0 Å². The minimum atomic E-state index is -0.595. The van der Waals surface area contributed by atoms with Crippen molar-refractivity contribution in [2.24, 2.45) is 5.10 Å². The molecule has 0 atom stereocenters. The standard InChI is InChI=1S/C16H16N6O4/c1-25-9-8-21-11-12(10-18-19-14-4-2-3-7-17-14)16(20-21)13-5-6-15(26-13)22(23)24/h2-7,10-11H,8-9H2,1H3,(H,17,19)/b18-10+. The molecule has 3 aromatic heterocycles. The maximum absolute atomic E-state index is 10.8. The molecule has 0 unspecified atom stereocenters. The molecule has 0 aromatic carbocycles. The molecule has 3 heterocycles. The Morgan fingerprint density at radius 2 is 2.31 bits per heavy atom. The highest BCUT2D eigenvalue weighted by Gasteiger charge is 2.18. The summed E-state index contributed by atoms with van der Waals surface area (Å²) < 4.78 is 12.0. The third-order valence-electron chi connectivity index (χ3n) is 3.37. The minimum absolute atomic E-state index is 0.284. The number of ether oxygens (including phenoxy) is 1. The smallest absolute Gasteiger partial charge is 0.399 e. The minimum Gasteiger partial charge on any atom is -0.399 e. The van der Waals surface area contributed by atoms with Crippen LogP contribution in [0.25, 0.3) is 11.5 Å². The van der Waals surface area contributed by atoms with Gasteiger partial charge in [-0.25, -0.2) is 4.98 Å². The molecule has 0 saturated heterocycles. The molecule has 10 nitrogen and oxygen atoms in total. The zero-order chi connectivity index (χ0) is 18.4. The van der Waals surface area contributed by atoms with Crippen LogP contribution in [-0.2, 0) is 11.3 Å². The lowest BCUT2D eigenvalue weighted by molar-refractivity contribution is -0.401. The molecule has 0 radical (unpaired) electrons. The Morgan fingerprint density at radius 1 is 1.42 bits per heavy atom. The molecule has 0 fully saturated rings. The van der Waals surface area contributed by atoms with Crippen molar-refractivity contribution in [3.8, 4) is 11.5 Å². The monoisotopic (exact) mass is 356 g/mol. The van der Waals surface area contributed by atoms with E-state index in [2.05, 4.69) is 20.6 Å². The van der Waals surface area contributed by atoms with Gasteiger partial charge in [0.1, 0.15) is 16.4 Å². The molecule has 3 rings (SSSR count). The van der Waals surface area contributed by atoms with Crippen molar-refractivity contribution in [3.63, 3.8) is 0 Å². The zero-order valence-electron chi connectivity index (χ0n) is 13.9. The van der Waals surface area contributed by atoms with Crippen LogP contribution in [0.3, 0.4) is 0 Å². The molecule has 10 heteroatoms. The number of nitrogens with one attached hydrogen (secondary N) is 1. The number of anilines is 1. The predicted octanol–water partition coefficient (Wildman–Crippen LogP) is 2.54. The quantitative estimate of drug-likeness (QED) is 0.374. The first-order valence-electron chi connectivity index (χ1n) is 7.68. The average Bonchev–Trinajstić information content (AvgIpc) is 3.28. The second-order valence-corrected chi connectivity index (χ2v) is 5.17. The lowest BCUT2D eigenvalue weighted by Gasteiger charge is -1.98. The lowest BCUT2D eigenvalue weighted by Crippen LogP contribution is -2.04. The predicted molar refractivity (Wildman–Crippen MR) is 93.9 cm³/mol. The van der Waals surface area contributed by atoms with E-state index >= 15 is 0 Å². The Labute approximate surface area is 148 Å². The molecular formula is C16H16N6O4. The number of hydrogen-bond acceptors (Lipinski definition) is 8. The Hall–Kier alpha value is -3.53. The van der Waals surface area contributed by atoms with Gasteiger partial charge in [0.05, 0.1) is 25.4 Å². The fourth-order valence-electron chi connectivity index (χ4n) is 2.17. The van der Waals surface area contributed by atoms with Gasteiger partial charge in [-0.2, -0.15) is 10.2 Å². The molecule has 0 amide bonds. The second kappa shape index (κ2) is 8.03. The first kappa shape index (κ1) is 17.3. The van der Waals surface area contributed by atoms with Crippen molar-refractivity contribution < 1.29 is 14.1 Å². The summed E-state index contributed by atoms with van der Waals surface area (Å²) in [7, 11) is 1.60. The van der Waals surface area contributed by atoms with E-state index in [1.54, 1.807) is 42.5 Å². The van der Waals surface area contributed by atoms with Crippen LogP contribution in [0.1, 0.15) is 5.56 Å². The number of aromatic nitrogens is 3. The highest BCUT2D eigenvalue weighted by Crippen LogP contribution is 2.27. The van der Waals surface area contributed by atoms with Crippen LogP contribution in [0.2, 0.25) is 0 Å². The van der Waals surface area contributed by atoms with Crippen molar-refractivity contribution in [3.05, 3.63) is 58.4 Å². The summed E-state index contributed by atoms with van der Waals surface area (Å²) >= 11 is 0. The van der Waals surface area contributed by atoms with Crippen LogP contribution in [0.4, 0.5) is 11.7 Å². The Bertz CT molecular complexity index is 903. The molecule has 0 bridgehead atoms. The SMILES string of the molecule is COCCn1cc(/C=N/Nc2ccccn2)c(-c2ccc([N+](=O)[O-])o2)n1. The molecule has 134 valence electrons. The van der Waals surface area contributed by atoms with E-state index < -0.39 is 4.92 Å². The van der Waals surface area contributed by atoms with E-state index in [9.17, 15) is 10.1 Å². The van der Waals surface area contributed by atoms with E-state index in [0.29, 0.717) is 30.2 Å². The third-order valence-corrected chi connectivity index (χ3v) is 3.37. The molecule has 0 aliphatic carbocycles. The molecule has 1 N–H and O–H groups in total. The Balaban J connectivity index is 1.86. The van der Waals surface area contributed by atoms with Crippen LogP contribution >= 0.6 is 0 Å². The number of furan rings is 1. The van der Waals surface area contributed by atoms with Gasteiger partial charge in [-0.1, -0.05) is 6.07 Å². The molecule has 0 aliphatic rings. The van der Waals surface area contributed by atoms with Gasteiger partial charge in [0.15, 0.2) is 5.76 Å². The largest absolute Gasteiger partial charge is 0.433 e. The summed E-state index contributed by atoms with van der Waals surface area (Å²) in [4.78, 5) is 14.3. The summed E-state index contributed by atoms with van der Waals surface area (Å²) in [5.41, 5.74) is 3.88. The molecule has 0 saturated carbocycles. The summed E-state index contributed by atoms with van der Waals surface area (Å²) in [6, 6.07) is 8.20. The number of pyridine rings is 1. The van der Waals surface area contributed by atoms with Gasteiger partial charge in [-0.15, -0.1) is 0 Å². The van der Waals surface area contributed by atoms with Gasteiger partial charge >= 0.3 is 5.88 Å². The average molecular weight is 356 g/mol. The van der Waals surface area contributed by atoms with E-state index in [0.717, 1.165) is 0 Å². The first-order chi connectivity index (χ1) is 12.7. The van der Waals surface area contributed by atoms with Crippen LogP contribution in [0, 0.1) is 10.1 Å². The molecular weight excluding hydrogens is 340 g/mol. The highest BCUT2D eigenvalue weighted by atomic mass is 16.6. The highest BCUT2D eigenvalue weighted by molar-refractivity contribution is 5.87.